The smallest absolute Gasteiger partial charge is 0.257 e. The van der Waals surface area contributed by atoms with Crippen LogP contribution >= 0.6 is 0 Å². The fraction of sp³-hybridized carbons (Fsp3) is 0.375. The number of carbonyl (C=O) groups is 1. The van der Waals surface area contributed by atoms with Crippen LogP contribution in [0.5, 0.6) is 0 Å². The number of amides is 1. The minimum Gasteiger partial charge on any atom is -0.335 e. The molecule has 2 aromatic rings. The average molecular weight is 269 g/mol. The molecule has 1 unspecified atom stereocenters. The standard InChI is InChI=1S/C16H19N3O/c1-11-14(10-17-18-11)16(20)19(2)15-9-5-7-12-6-3-4-8-13(12)15/h3-4,6,8,10,15H,5,7,9H2,1-2H3,(H,17,18). The lowest BCUT2D eigenvalue weighted by Gasteiger charge is -2.33. The van der Waals surface area contributed by atoms with Crippen LogP contribution in [0.1, 0.15) is 46.1 Å². The molecule has 20 heavy (non-hydrogen) atoms. The Morgan fingerprint density at radius 2 is 2.20 bits per heavy atom. The molecule has 0 saturated heterocycles. The van der Waals surface area contributed by atoms with Crippen molar-refractivity contribution in [2.24, 2.45) is 0 Å². The summed E-state index contributed by atoms with van der Waals surface area (Å²) >= 11 is 0. The fourth-order valence-corrected chi connectivity index (χ4v) is 3.03. The van der Waals surface area contributed by atoms with Crippen LogP contribution in [-0.4, -0.2) is 28.1 Å². The van der Waals surface area contributed by atoms with E-state index in [2.05, 4.69) is 34.5 Å². The van der Waals surface area contributed by atoms with Crippen LogP contribution in [0.15, 0.2) is 30.5 Å². The summed E-state index contributed by atoms with van der Waals surface area (Å²) in [6.45, 7) is 1.88. The molecule has 1 atom stereocenters. The van der Waals surface area contributed by atoms with Gasteiger partial charge in [-0.15, -0.1) is 0 Å². The average Bonchev–Trinajstić information content (AvgIpc) is 2.91. The first-order chi connectivity index (χ1) is 9.68. The number of nitrogens with one attached hydrogen (secondary N) is 1. The number of benzene rings is 1. The van der Waals surface area contributed by atoms with E-state index in [-0.39, 0.29) is 11.9 Å². The molecule has 1 heterocycles. The summed E-state index contributed by atoms with van der Waals surface area (Å²) in [5.41, 5.74) is 4.14. The monoisotopic (exact) mass is 269 g/mol. The third kappa shape index (κ3) is 2.11. The lowest BCUT2D eigenvalue weighted by Crippen LogP contribution is -2.33. The summed E-state index contributed by atoms with van der Waals surface area (Å²) in [4.78, 5) is 14.5. The molecule has 4 nitrogen and oxygen atoms in total. The predicted octanol–water partition coefficient (Wildman–Crippen LogP) is 2.87. The number of hydrogen-bond acceptors (Lipinski definition) is 2. The van der Waals surface area contributed by atoms with Gasteiger partial charge in [-0.3, -0.25) is 9.89 Å². The zero-order valence-electron chi connectivity index (χ0n) is 11.9. The van der Waals surface area contributed by atoms with Gasteiger partial charge in [0.25, 0.3) is 5.91 Å². The van der Waals surface area contributed by atoms with E-state index in [0.717, 1.165) is 25.0 Å². The topological polar surface area (TPSA) is 49.0 Å². The maximum atomic E-state index is 12.6. The van der Waals surface area contributed by atoms with E-state index in [1.807, 2.05) is 18.9 Å². The number of carbonyl (C=O) groups excluding carboxylic acids is 1. The first-order valence-corrected chi connectivity index (χ1v) is 7.03. The molecule has 1 aromatic carbocycles. The van der Waals surface area contributed by atoms with Crippen LogP contribution in [-0.2, 0) is 6.42 Å². The maximum Gasteiger partial charge on any atom is 0.257 e. The van der Waals surface area contributed by atoms with E-state index in [4.69, 9.17) is 0 Å². The van der Waals surface area contributed by atoms with Crippen molar-refractivity contribution < 1.29 is 4.79 Å². The Labute approximate surface area is 118 Å². The molecule has 0 radical (unpaired) electrons. The number of hydrogen-bond donors (Lipinski definition) is 1. The van der Waals surface area contributed by atoms with E-state index < -0.39 is 0 Å². The Kier molecular flexibility index (Phi) is 3.30. The third-order valence-corrected chi connectivity index (χ3v) is 4.19. The van der Waals surface area contributed by atoms with E-state index in [1.54, 1.807) is 6.20 Å². The van der Waals surface area contributed by atoms with Crippen molar-refractivity contribution >= 4 is 5.91 Å². The van der Waals surface area contributed by atoms with Crippen LogP contribution in [0, 0.1) is 6.92 Å². The largest absolute Gasteiger partial charge is 0.335 e. The number of rotatable bonds is 2. The Hall–Kier alpha value is -2.10. The number of aryl methyl sites for hydroxylation is 2. The second-order valence-electron chi connectivity index (χ2n) is 5.43. The highest BCUT2D eigenvalue weighted by molar-refractivity contribution is 5.95. The van der Waals surface area contributed by atoms with Gasteiger partial charge in [0.1, 0.15) is 0 Å². The van der Waals surface area contributed by atoms with Crippen LogP contribution < -0.4 is 0 Å². The molecule has 3 rings (SSSR count). The summed E-state index contributed by atoms with van der Waals surface area (Å²) in [6, 6.07) is 8.61. The highest BCUT2D eigenvalue weighted by Gasteiger charge is 2.28. The number of aromatic nitrogens is 2. The number of nitrogens with zero attached hydrogens (tertiary/aromatic N) is 2. The van der Waals surface area contributed by atoms with Gasteiger partial charge in [0.05, 0.1) is 17.8 Å². The third-order valence-electron chi connectivity index (χ3n) is 4.19. The van der Waals surface area contributed by atoms with Gasteiger partial charge in [-0.25, -0.2) is 0 Å². The number of H-pyrrole nitrogens is 1. The van der Waals surface area contributed by atoms with Gasteiger partial charge in [-0.05, 0) is 37.3 Å². The SMILES string of the molecule is Cc1[nH]ncc1C(=O)N(C)C1CCCc2ccccc21. The van der Waals surface area contributed by atoms with E-state index in [9.17, 15) is 4.79 Å². The number of aromatic amines is 1. The van der Waals surface area contributed by atoms with Crippen molar-refractivity contribution in [3.63, 3.8) is 0 Å². The molecule has 1 aliphatic carbocycles. The fourth-order valence-electron chi connectivity index (χ4n) is 3.03. The van der Waals surface area contributed by atoms with Gasteiger partial charge in [-0.1, -0.05) is 24.3 Å². The Morgan fingerprint density at radius 1 is 1.40 bits per heavy atom. The van der Waals surface area contributed by atoms with Gasteiger partial charge in [-0.2, -0.15) is 5.10 Å². The van der Waals surface area contributed by atoms with Gasteiger partial charge in [0.15, 0.2) is 0 Å². The molecule has 1 N–H and O–H groups in total. The molecule has 4 heteroatoms. The Bertz CT molecular complexity index is 632. The zero-order chi connectivity index (χ0) is 14.1. The van der Waals surface area contributed by atoms with Crippen molar-refractivity contribution in [3.8, 4) is 0 Å². The molecule has 0 aliphatic heterocycles. The molecule has 1 aromatic heterocycles. The van der Waals surface area contributed by atoms with E-state index in [1.165, 1.54) is 11.1 Å². The lowest BCUT2D eigenvalue weighted by molar-refractivity contribution is 0.0714. The van der Waals surface area contributed by atoms with Crippen molar-refractivity contribution in [3.05, 3.63) is 52.8 Å². The zero-order valence-corrected chi connectivity index (χ0v) is 11.9. The highest BCUT2D eigenvalue weighted by atomic mass is 16.2. The highest BCUT2D eigenvalue weighted by Crippen LogP contribution is 2.34. The second kappa shape index (κ2) is 5.12. The molecule has 0 fully saturated rings. The summed E-state index contributed by atoms with van der Waals surface area (Å²) in [7, 11) is 1.89. The van der Waals surface area contributed by atoms with Crippen LogP contribution in [0.3, 0.4) is 0 Å². The van der Waals surface area contributed by atoms with Gasteiger partial charge in [0.2, 0.25) is 0 Å². The van der Waals surface area contributed by atoms with Crippen LogP contribution in [0.25, 0.3) is 0 Å². The van der Waals surface area contributed by atoms with E-state index in [0.29, 0.717) is 5.56 Å². The molecule has 0 bridgehead atoms. The lowest BCUT2D eigenvalue weighted by atomic mass is 9.87. The summed E-state index contributed by atoms with van der Waals surface area (Å²) in [5.74, 6) is 0.0398. The molecule has 104 valence electrons. The van der Waals surface area contributed by atoms with Gasteiger partial charge < -0.3 is 4.90 Å². The van der Waals surface area contributed by atoms with Crippen LogP contribution in [0.4, 0.5) is 0 Å². The molecular weight excluding hydrogens is 250 g/mol. The quantitative estimate of drug-likeness (QED) is 0.911. The molecule has 0 saturated carbocycles. The summed E-state index contributed by atoms with van der Waals surface area (Å²) in [5, 5.41) is 6.77. The van der Waals surface area contributed by atoms with Gasteiger partial charge >= 0.3 is 0 Å². The maximum absolute atomic E-state index is 12.6. The molecule has 1 aliphatic rings. The minimum absolute atomic E-state index is 0.0398. The molecular formula is C16H19N3O. The van der Waals surface area contributed by atoms with E-state index >= 15 is 0 Å². The van der Waals surface area contributed by atoms with Crippen LogP contribution in [0.2, 0.25) is 0 Å². The summed E-state index contributed by atoms with van der Waals surface area (Å²) < 4.78 is 0. The van der Waals surface area contributed by atoms with Crippen molar-refractivity contribution in [2.45, 2.75) is 32.2 Å². The first-order valence-electron chi connectivity index (χ1n) is 7.03. The van der Waals surface area contributed by atoms with Gasteiger partial charge in [0, 0.05) is 12.7 Å². The summed E-state index contributed by atoms with van der Waals surface area (Å²) in [6.07, 6.45) is 4.88. The van der Waals surface area contributed by atoms with Crippen molar-refractivity contribution in [1.82, 2.24) is 15.1 Å². The molecule has 1 amide bonds. The Morgan fingerprint density at radius 3 is 2.95 bits per heavy atom. The molecule has 0 spiro atoms. The minimum atomic E-state index is 0.0398. The van der Waals surface area contributed by atoms with Crippen molar-refractivity contribution in [1.29, 1.82) is 0 Å². The number of fused-ring (bicyclic) bond motifs is 1. The Balaban J connectivity index is 1.90. The second-order valence-corrected chi connectivity index (χ2v) is 5.43. The predicted molar refractivity (Wildman–Crippen MR) is 77.5 cm³/mol. The first kappa shape index (κ1) is 12.9. The normalized spacial score (nSPS) is 17.6. The van der Waals surface area contributed by atoms with Crippen molar-refractivity contribution in [2.75, 3.05) is 7.05 Å².